The molecule has 2 rings (SSSR count). The third-order valence-electron chi connectivity index (χ3n) is 4.04. The molecule has 5 heteroatoms. The Morgan fingerprint density at radius 1 is 1.33 bits per heavy atom. The summed E-state index contributed by atoms with van der Waals surface area (Å²) in [7, 11) is 0. The lowest BCUT2D eigenvalue weighted by Crippen LogP contribution is -3.16. The number of carbonyl (C=O) groups is 1. The molecule has 0 spiro atoms. The van der Waals surface area contributed by atoms with Gasteiger partial charge in [-0.05, 0) is 50.5 Å². The first kappa shape index (κ1) is 18.5. The van der Waals surface area contributed by atoms with E-state index in [9.17, 15) is 4.79 Å². The van der Waals surface area contributed by atoms with Crippen molar-refractivity contribution in [2.24, 2.45) is 0 Å². The van der Waals surface area contributed by atoms with Crippen LogP contribution in [0.4, 0.5) is 0 Å². The molecule has 0 radical (unpaired) electrons. The van der Waals surface area contributed by atoms with Crippen molar-refractivity contribution >= 4 is 21.9 Å². The van der Waals surface area contributed by atoms with Crippen LogP contribution >= 0.6 is 15.9 Å². The number of quaternary nitrogens is 1. The molecular weight excluding hydrogens is 354 g/mol. The van der Waals surface area contributed by atoms with Crippen LogP contribution in [0.25, 0.3) is 0 Å². The van der Waals surface area contributed by atoms with E-state index >= 15 is 0 Å². The molecular formula is C16H23BrClNO2. The third-order valence-corrected chi connectivity index (χ3v) is 4.57. The van der Waals surface area contributed by atoms with Gasteiger partial charge in [0.2, 0.25) is 0 Å². The van der Waals surface area contributed by atoms with Crippen molar-refractivity contribution in [2.75, 3.05) is 19.7 Å². The van der Waals surface area contributed by atoms with Gasteiger partial charge in [-0.2, -0.15) is 0 Å². The third kappa shape index (κ3) is 5.97. The van der Waals surface area contributed by atoms with Crippen LogP contribution in [0.1, 0.15) is 43.0 Å². The Morgan fingerprint density at radius 3 is 2.71 bits per heavy atom. The smallest absolute Gasteiger partial charge is 0.338 e. The quantitative estimate of drug-likeness (QED) is 0.553. The zero-order valence-corrected chi connectivity index (χ0v) is 14.8. The minimum atomic E-state index is -0.223. The Balaban J connectivity index is 0.00000220. The maximum Gasteiger partial charge on any atom is 0.338 e. The Labute approximate surface area is 141 Å². The SMILES string of the molecule is CC1CCCC[NH+]1CCCOC(=O)c1ccc(Br)cc1.[Cl-]. The van der Waals surface area contributed by atoms with Crippen LogP contribution in [-0.2, 0) is 4.74 Å². The van der Waals surface area contributed by atoms with E-state index in [0.717, 1.165) is 23.5 Å². The Morgan fingerprint density at radius 2 is 2.05 bits per heavy atom. The van der Waals surface area contributed by atoms with E-state index in [1.54, 1.807) is 17.0 Å². The summed E-state index contributed by atoms with van der Waals surface area (Å²) in [5.74, 6) is -0.223. The molecule has 2 atom stereocenters. The fourth-order valence-electron chi connectivity index (χ4n) is 2.76. The summed E-state index contributed by atoms with van der Waals surface area (Å²) in [4.78, 5) is 13.5. The second kappa shape index (κ2) is 9.44. The summed E-state index contributed by atoms with van der Waals surface area (Å²) in [6, 6.07) is 8.03. The number of benzene rings is 1. The average Bonchev–Trinajstić information content (AvgIpc) is 2.46. The molecule has 0 bridgehead atoms. The molecule has 118 valence electrons. The van der Waals surface area contributed by atoms with E-state index in [1.807, 2.05) is 12.1 Å². The highest BCUT2D eigenvalue weighted by molar-refractivity contribution is 9.10. The summed E-state index contributed by atoms with van der Waals surface area (Å²) in [6.45, 7) is 5.21. The summed E-state index contributed by atoms with van der Waals surface area (Å²) in [5.41, 5.74) is 0.617. The Hall–Kier alpha value is -0.580. The van der Waals surface area contributed by atoms with Gasteiger partial charge in [0.05, 0.1) is 31.3 Å². The Bertz CT molecular complexity index is 438. The number of ether oxygens (including phenoxy) is 1. The number of piperidine rings is 1. The van der Waals surface area contributed by atoms with E-state index in [2.05, 4.69) is 22.9 Å². The van der Waals surface area contributed by atoms with Gasteiger partial charge >= 0.3 is 5.97 Å². The molecule has 0 saturated carbocycles. The van der Waals surface area contributed by atoms with Crippen LogP contribution in [0.15, 0.2) is 28.7 Å². The highest BCUT2D eigenvalue weighted by atomic mass is 79.9. The highest BCUT2D eigenvalue weighted by Crippen LogP contribution is 2.11. The lowest BCUT2D eigenvalue weighted by molar-refractivity contribution is -0.928. The predicted octanol–water partition coefficient (Wildman–Crippen LogP) is -0.543. The molecule has 1 fully saturated rings. The van der Waals surface area contributed by atoms with Crippen LogP contribution in [-0.4, -0.2) is 31.7 Å². The highest BCUT2D eigenvalue weighted by Gasteiger charge is 2.21. The topological polar surface area (TPSA) is 30.7 Å². The van der Waals surface area contributed by atoms with E-state index in [0.29, 0.717) is 12.2 Å². The van der Waals surface area contributed by atoms with Crippen molar-refractivity contribution in [1.82, 2.24) is 0 Å². The molecule has 21 heavy (non-hydrogen) atoms. The number of rotatable bonds is 5. The van der Waals surface area contributed by atoms with Gasteiger partial charge in [0.25, 0.3) is 0 Å². The van der Waals surface area contributed by atoms with Crippen molar-refractivity contribution in [3.05, 3.63) is 34.3 Å². The molecule has 3 nitrogen and oxygen atoms in total. The average molecular weight is 377 g/mol. The lowest BCUT2D eigenvalue weighted by atomic mass is 10.0. The van der Waals surface area contributed by atoms with Gasteiger partial charge in [0, 0.05) is 10.9 Å². The lowest BCUT2D eigenvalue weighted by Gasteiger charge is -2.30. The van der Waals surface area contributed by atoms with Crippen molar-refractivity contribution in [3.8, 4) is 0 Å². The standard InChI is InChI=1S/C16H22BrNO2.ClH/c1-13-5-2-3-10-18(13)11-4-12-20-16(19)14-6-8-15(17)9-7-14;/h6-9,13H,2-5,10-12H2,1H3;1H. The molecule has 0 aromatic heterocycles. The van der Waals surface area contributed by atoms with Gasteiger partial charge in [0.1, 0.15) is 0 Å². The number of likely N-dealkylation sites (tertiary alicyclic amines) is 1. The fraction of sp³-hybridized carbons (Fsp3) is 0.562. The molecule has 1 saturated heterocycles. The molecule has 1 aromatic carbocycles. The first-order valence-electron chi connectivity index (χ1n) is 7.44. The summed E-state index contributed by atoms with van der Waals surface area (Å²) in [6.07, 6.45) is 4.97. The van der Waals surface area contributed by atoms with E-state index in [1.165, 1.54) is 25.8 Å². The van der Waals surface area contributed by atoms with E-state index in [-0.39, 0.29) is 18.4 Å². The number of carbonyl (C=O) groups excluding carboxylic acids is 1. The van der Waals surface area contributed by atoms with Gasteiger partial charge in [-0.25, -0.2) is 4.79 Å². The van der Waals surface area contributed by atoms with Crippen molar-refractivity contribution in [3.63, 3.8) is 0 Å². The second-order valence-electron chi connectivity index (χ2n) is 5.55. The summed E-state index contributed by atoms with van der Waals surface area (Å²) < 4.78 is 6.30. The number of hydrogen-bond acceptors (Lipinski definition) is 2. The first-order valence-corrected chi connectivity index (χ1v) is 8.23. The summed E-state index contributed by atoms with van der Waals surface area (Å²) >= 11 is 3.35. The normalized spacial score (nSPS) is 21.4. The maximum absolute atomic E-state index is 11.8. The second-order valence-corrected chi connectivity index (χ2v) is 6.47. The largest absolute Gasteiger partial charge is 1.00 e. The minimum absolute atomic E-state index is 0. The molecule has 1 N–H and O–H groups in total. The molecule has 2 unspecified atom stereocenters. The number of hydrogen-bond donors (Lipinski definition) is 1. The fourth-order valence-corrected chi connectivity index (χ4v) is 3.02. The van der Waals surface area contributed by atoms with Crippen LogP contribution in [0, 0.1) is 0 Å². The van der Waals surface area contributed by atoms with Gasteiger partial charge in [-0.15, -0.1) is 0 Å². The van der Waals surface area contributed by atoms with Crippen LogP contribution in [0.5, 0.6) is 0 Å². The van der Waals surface area contributed by atoms with Crippen molar-refractivity contribution < 1.29 is 26.8 Å². The summed E-state index contributed by atoms with van der Waals surface area (Å²) in [5, 5.41) is 0. The molecule has 0 amide bonds. The van der Waals surface area contributed by atoms with Gasteiger partial charge in [-0.3, -0.25) is 0 Å². The monoisotopic (exact) mass is 375 g/mol. The predicted molar refractivity (Wildman–Crippen MR) is 83.1 cm³/mol. The van der Waals surface area contributed by atoms with Crippen molar-refractivity contribution in [2.45, 2.75) is 38.6 Å². The minimum Gasteiger partial charge on any atom is -1.00 e. The molecule has 1 aromatic rings. The van der Waals surface area contributed by atoms with Crippen LogP contribution in [0.3, 0.4) is 0 Å². The number of nitrogens with one attached hydrogen (secondary N) is 1. The Kier molecular flexibility index (Phi) is 8.30. The maximum atomic E-state index is 11.8. The van der Waals surface area contributed by atoms with Gasteiger partial charge in [-0.1, -0.05) is 15.9 Å². The van der Waals surface area contributed by atoms with E-state index in [4.69, 9.17) is 4.74 Å². The zero-order valence-electron chi connectivity index (χ0n) is 12.4. The molecule has 1 aliphatic rings. The van der Waals surface area contributed by atoms with E-state index < -0.39 is 0 Å². The van der Waals surface area contributed by atoms with Crippen LogP contribution < -0.4 is 17.3 Å². The zero-order chi connectivity index (χ0) is 14.4. The molecule has 1 heterocycles. The molecule has 1 aliphatic heterocycles. The number of esters is 1. The van der Waals surface area contributed by atoms with Crippen LogP contribution in [0.2, 0.25) is 0 Å². The van der Waals surface area contributed by atoms with Gasteiger partial charge < -0.3 is 22.0 Å². The number of halogens is 2. The van der Waals surface area contributed by atoms with Gasteiger partial charge in [0.15, 0.2) is 0 Å². The molecule has 0 aliphatic carbocycles. The first-order chi connectivity index (χ1) is 9.66. The van der Waals surface area contributed by atoms with Crippen molar-refractivity contribution in [1.29, 1.82) is 0 Å².